The first kappa shape index (κ1) is 15.1. The van der Waals surface area contributed by atoms with Crippen molar-refractivity contribution < 1.29 is 14.0 Å². The molecule has 116 valence electrons. The Kier molecular flexibility index (Phi) is 4.54. The van der Waals surface area contributed by atoms with E-state index in [0.717, 1.165) is 0 Å². The molecule has 2 aromatic heterocycles. The molecule has 5 nitrogen and oxygen atoms in total. The molecule has 2 amide bonds. The van der Waals surface area contributed by atoms with Crippen molar-refractivity contribution in [2.75, 3.05) is 5.32 Å². The summed E-state index contributed by atoms with van der Waals surface area (Å²) >= 11 is 1.38. The van der Waals surface area contributed by atoms with Crippen LogP contribution >= 0.6 is 11.3 Å². The molecule has 3 rings (SSSR count). The third-order valence-electron chi connectivity index (χ3n) is 3.15. The molecule has 2 N–H and O–H groups in total. The Morgan fingerprint density at radius 2 is 1.83 bits per heavy atom. The number of hydrogen-bond donors (Lipinski definition) is 2. The molecule has 0 bridgehead atoms. The summed E-state index contributed by atoms with van der Waals surface area (Å²) < 4.78 is 5.16. The van der Waals surface area contributed by atoms with Crippen LogP contribution in [0.3, 0.4) is 0 Å². The first-order valence-corrected chi connectivity index (χ1v) is 7.86. The highest BCUT2D eigenvalue weighted by Crippen LogP contribution is 2.14. The van der Waals surface area contributed by atoms with Gasteiger partial charge in [-0.2, -0.15) is 0 Å². The van der Waals surface area contributed by atoms with E-state index in [1.165, 1.54) is 11.3 Å². The lowest BCUT2D eigenvalue weighted by atomic mass is 10.2. The van der Waals surface area contributed by atoms with Crippen LogP contribution in [0.2, 0.25) is 0 Å². The molecule has 23 heavy (non-hydrogen) atoms. The van der Waals surface area contributed by atoms with Gasteiger partial charge in [0.15, 0.2) is 0 Å². The zero-order valence-corrected chi connectivity index (χ0v) is 12.9. The number of carbonyl (C=O) groups excluding carboxylic acids is 2. The number of rotatable bonds is 5. The summed E-state index contributed by atoms with van der Waals surface area (Å²) in [5, 5.41) is 7.40. The zero-order chi connectivity index (χ0) is 16.1. The van der Waals surface area contributed by atoms with Gasteiger partial charge in [-0.1, -0.05) is 6.07 Å². The second-order valence-corrected chi connectivity index (χ2v) is 5.72. The summed E-state index contributed by atoms with van der Waals surface area (Å²) in [7, 11) is 0. The molecule has 0 saturated carbocycles. The van der Waals surface area contributed by atoms with Gasteiger partial charge in [0.25, 0.3) is 11.8 Å². The van der Waals surface area contributed by atoms with Crippen LogP contribution in [0.1, 0.15) is 25.8 Å². The number of amides is 2. The molecule has 6 heteroatoms. The van der Waals surface area contributed by atoms with Crippen molar-refractivity contribution in [1.82, 2.24) is 5.32 Å². The quantitative estimate of drug-likeness (QED) is 0.753. The lowest BCUT2D eigenvalue weighted by molar-refractivity contribution is 0.0947. The molecule has 2 heterocycles. The lowest BCUT2D eigenvalue weighted by Crippen LogP contribution is -2.22. The summed E-state index contributed by atoms with van der Waals surface area (Å²) in [6.45, 7) is 0.336. The molecule has 0 spiro atoms. The van der Waals surface area contributed by atoms with Crippen LogP contribution in [0.25, 0.3) is 0 Å². The Bertz CT molecular complexity index is 778. The molecule has 0 fully saturated rings. The van der Waals surface area contributed by atoms with Crippen molar-refractivity contribution in [3.05, 3.63) is 76.4 Å². The summed E-state index contributed by atoms with van der Waals surface area (Å²) in [6, 6.07) is 13.9. The number of furan rings is 1. The van der Waals surface area contributed by atoms with E-state index in [-0.39, 0.29) is 11.8 Å². The van der Waals surface area contributed by atoms with E-state index < -0.39 is 0 Å². The van der Waals surface area contributed by atoms with Gasteiger partial charge in [-0.15, -0.1) is 11.3 Å². The van der Waals surface area contributed by atoms with E-state index in [2.05, 4.69) is 10.6 Å². The highest BCUT2D eigenvalue weighted by molar-refractivity contribution is 7.12. The van der Waals surface area contributed by atoms with Crippen LogP contribution in [0.5, 0.6) is 0 Å². The molecule has 0 aliphatic heterocycles. The van der Waals surface area contributed by atoms with Crippen LogP contribution in [-0.4, -0.2) is 11.8 Å². The summed E-state index contributed by atoms with van der Waals surface area (Å²) in [4.78, 5) is 24.6. The highest BCUT2D eigenvalue weighted by Gasteiger charge is 2.09. The minimum atomic E-state index is -0.197. The first-order chi connectivity index (χ1) is 11.2. The molecule has 0 aliphatic carbocycles. The predicted molar refractivity (Wildman–Crippen MR) is 88.6 cm³/mol. The topological polar surface area (TPSA) is 71.3 Å². The van der Waals surface area contributed by atoms with E-state index in [9.17, 15) is 9.59 Å². The van der Waals surface area contributed by atoms with E-state index in [4.69, 9.17) is 4.42 Å². The third kappa shape index (κ3) is 3.87. The summed E-state index contributed by atoms with van der Waals surface area (Å²) in [6.07, 6.45) is 1.56. The fourth-order valence-electron chi connectivity index (χ4n) is 1.99. The Hall–Kier alpha value is -2.86. The average molecular weight is 326 g/mol. The number of hydrogen-bond acceptors (Lipinski definition) is 4. The molecule has 0 atom stereocenters. The monoisotopic (exact) mass is 326 g/mol. The van der Waals surface area contributed by atoms with E-state index in [1.54, 1.807) is 48.7 Å². The third-order valence-corrected chi connectivity index (χ3v) is 4.02. The molecule has 0 unspecified atom stereocenters. The van der Waals surface area contributed by atoms with E-state index >= 15 is 0 Å². The number of carbonyl (C=O) groups is 2. The van der Waals surface area contributed by atoms with Crippen LogP contribution in [0.15, 0.2) is 64.6 Å². The van der Waals surface area contributed by atoms with Crippen molar-refractivity contribution in [3.8, 4) is 0 Å². The second-order valence-electron chi connectivity index (χ2n) is 4.77. The van der Waals surface area contributed by atoms with Gasteiger partial charge in [-0.05, 0) is 47.8 Å². The van der Waals surface area contributed by atoms with Crippen LogP contribution in [-0.2, 0) is 6.54 Å². The minimum Gasteiger partial charge on any atom is -0.467 e. The standard InChI is InChI=1S/C17H14N2O3S/c20-16(18-11-14-3-1-9-22-14)12-5-7-13(8-6-12)19-17(21)15-4-2-10-23-15/h1-10H,11H2,(H,18,20)(H,19,21). The maximum atomic E-state index is 12.0. The van der Waals surface area contributed by atoms with Gasteiger partial charge in [0.05, 0.1) is 17.7 Å². The Labute approximate surface area is 136 Å². The zero-order valence-electron chi connectivity index (χ0n) is 12.1. The number of thiophene rings is 1. The van der Waals surface area contributed by atoms with Crippen molar-refractivity contribution >= 4 is 28.8 Å². The molecule has 0 saturated heterocycles. The summed E-state index contributed by atoms with van der Waals surface area (Å²) in [5.74, 6) is 0.339. The molecule has 3 aromatic rings. The van der Waals surface area contributed by atoms with Crippen LogP contribution in [0.4, 0.5) is 5.69 Å². The van der Waals surface area contributed by atoms with Crippen molar-refractivity contribution in [3.63, 3.8) is 0 Å². The fraction of sp³-hybridized carbons (Fsp3) is 0.0588. The molecule has 1 aromatic carbocycles. The van der Waals surface area contributed by atoms with Gasteiger partial charge in [-0.3, -0.25) is 9.59 Å². The fourth-order valence-corrected chi connectivity index (χ4v) is 2.61. The smallest absolute Gasteiger partial charge is 0.265 e. The second kappa shape index (κ2) is 6.93. The molecule has 0 radical (unpaired) electrons. The molecular formula is C17H14N2O3S. The first-order valence-electron chi connectivity index (χ1n) is 6.98. The van der Waals surface area contributed by atoms with Crippen molar-refractivity contribution in [2.24, 2.45) is 0 Å². The SMILES string of the molecule is O=C(NCc1ccco1)c1ccc(NC(=O)c2cccs2)cc1. The van der Waals surface area contributed by atoms with Gasteiger partial charge in [0.1, 0.15) is 5.76 Å². The summed E-state index contributed by atoms with van der Waals surface area (Å²) in [5.41, 5.74) is 1.16. The predicted octanol–water partition coefficient (Wildman–Crippen LogP) is 3.52. The average Bonchev–Trinajstić information content (AvgIpc) is 3.26. The lowest BCUT2D eigenvalue weighted by Gasteiger charge is -2.06. The van der Waals surface area contributed by atoms with E-state index in [0.29, 0.717) is 28.4 Å². The van der Waals surface area contributed by atoms with Gasteiger partial charge in [-0.25, -0.2) is 0 Å². The number of benzene rings is 1. The van der Waals surface area contributed by atoms with Gasteiger partial charge in [0, 0.05) is 11.3 Å². The number of nitrogens with one attached hydrogen (secondary N) is 2. The highest BCUT2D eigenvalue weighted by atomic mass is 32.1. The van der Waals surface area contributed by atoms with Crippen molar-refractivity contribution in [1.29, 1.82) is 0 Å². The normalized spacial score (nSPS) is 10.3. The number of anilines is 1. The Morgan fingerprint density at radius 1 is 1.00 bits per heavy atom. The van der Waals surface area contributed by atoms with Gasteiger partial charge >= 0.3 is 0 Å². The van der Waals surface area contributed by atoms with E-state index in [1.807, 2.05) is 11.4 Å². The largest absolute Gasteiger partial charge is 0.467 e. The van der Waals surface area contributed by atoms with Gasteiger partial charge in [0.2, 0.25) is 0 Å². The van der Waals surface area contributed by atoms with Gasteiger partial charge < -0.3 is 15.1 Å². The Morgan fingerprint density at radius 3 is 2.48 bits per heavy atom. The molecular weight excluding hydrogens is 312 g/mol. The Balaban J connectivity index is 1.58. The minimum absolute atomic E-state index is 0.157. The van der Waals surface area contributed by atoms with Crippen LogP contribution < -0.4 is 10.6 Å². The molecule has 0 aliphatic rings. The van der Waals surface area contributed by atoms with Crippen LogP contribution in [0, 0.1) is 0 Å². The maximum Gasteiger partial charge on any atom is 0.265 e. The maximum absolute atomic E-state index is 12.0. The van der Waals surface area contributed by atoms with Crippen molar-refractivity contribution in [2.45, 2.75) is 6.54 Å².